The molecule has 0 radical (unpaired) electrons. The van der Waals surface area contributed by atoms with Crippen molar-refractivity contribution < 1.29 is 24.4 Å². The van der Waals surface area contributed by atoms with Crippen LogP contribution in [0, 0.1) is 0 Å². The van der Waals surface area contributed by atoms with Crippen molar-refractivity contribution >= 4 is 0 Å². The van der Waals surface area contributed by atoms with Crippen LogP contribution < -0.4 is 9.47 Å². The van der Waals surface area contributed by atoms with Crippen LogP contribution in [0.3, 0.4) is 0 Å². The van der Waals surface area contributed by atoms with Gasteiger partial charge in [0.1, 0.15) is 23.7 Å². The molecule has 0 aliphatic heterocycles. The summed E-state index contributed by atoms with van der Waals surface area (Å²) in [5.41, 5.74) is 1.55. The molecule has 2 N–H and O–H groups in total. The van der Waals surface area contributed by atoms with Crippen LogP contribution in [0.4, 0.5) is 0 Å². The maximum Gasteiger partial charge on any atom is 0.118 e. The van der Waals surface area contributed by atoms with E-state index >= 15 is 0 Å². The number of hydrogen-bond donors (Lipinski definition) is 2. The molecule has 5 heteroatoms. The Labute approximate surface area is 148 Å². The van der Waals surface area contributed by atoms with Crippen LogP contribution in [0.15, 0.2) is 48.5 Å². The van der Waals surface area contributed by atoms with Crippen LogP contribution in [0.5, 0.6) is 11.5 Å². The molecule has 2 rings (SSSR count). The summed E-state index contributed by atoms with van der Waals surface area (Å²) < 4.78 is 16.2. The summed E-state index contributed by atoms with van der Waals surface area (Å²) in [6, 6.07) is 14.5. The summed E-state index contributed by atoms with van der Waals surface area (Å²) in [6.07, 6.45) is -2.59. The minimum Gasteiger partial charge on any atom is -0.497 e. The fourth-order valence-corrected chi connectivity index (χ4v) is 2.64. The van der Waals surface area contributed by atoms with Crippen LogP contribution in [-0.4, -0.2) is 36.6 Å². The van der Waals surface area contributed by atoms with Crippen molar-refractivity contribution in [2.24, 2.45) is 0 Å². The van der Waals surface area contributed by atoms with Gasteiger partial charge in [-0.1, -0.05) is 24.3 Å². The molecule has 0 aromatic heterocycles. The monoisotopic (exact) mass is 346 g/mol. The third-order valence-corrected chi connectivity index (χ3v) is 4.15. The Balaban J connectivity index is 2.11. The molecular formula is C20H26O5. The molecular weight excluding hydrogens is 320 g/mol. The highest BCUT2D eigenvalue weighted by molar-refractivity contribution is 5.30. The van der Waals surface area contributed by atoms with Gasteiger partial charge in [-0.25, -0.2) is 0 Å². The van der Waals surface area contributed by atoms with E-state index in [1.165, 1.54) is 0 Å². The van der Waals surface area contributed by atoms with Crippen LogP contribution in [0.25, 0.3) is 0 Å². The normalized spacial score (nSPS) is 15.9. The Morgan fingerprint density at radius 1 is 0.720 bits per heavy atom. The minimum absolute atomic E-state index is 0.505. The molecule has 25 heavy (non-hydrogen) atoms. The van der Waals surface area contributed by atoms with E-state index in [2.05, 4.69) is 0 Å². The molecule has 2 aromatic carbocycles. The van der Waals surface area contributed by atoms with Crippen molar-refractivity contribution in [3.8, 4) is 11.5 Å². The molecule has 5 nitrogen and oxygen atoms in total. The smallest absolute Gasteiger partial charge is 0.118 e. The molecule has 0 bridgehead atoms. The second-order valence-electron chi connectivity index (χ2n) is 5.99. The van der Waals surface area contributed by atoms with Crippen molar-refractivity contribution in [3.63, 3.8) is 0 Å². The predicted octanol–water partition coefficient (Wildman–Crippen LogP) is 3.26. The van der Waals surface area contributed by atoms with Gasteiger partial charge in [-0.2, -0.15) is 0 Å². The molecule has 136 valence electrons. The first-order chi connectivity index (χ1) is 12.0. The van der Waals surface area contributed by atoms with Gasteiger partial charge < -0.3 is 24.4 Å². The number of aliphatic hydroxyl groups is 2. The second-order valence-corrected chi connectivity index (χ2v) is 5.99. The molecule has 0 spiro atoms. The van der Waals surface area contributed by atoms with Gasteiger partial charge in [0.25, 0.3) is 0 Å². The lowest BCUT2D eigenvalue weighted by molar-refractivity contribution is -0.108. The van der Waals surface area contributed by atoms with Gasteiger partial charge in [-0.05, 0) is 49.2 Å². The summed E-state index contributed by atoms with van der Waals surface area (Å²) in [4.78, 5) is 0. The molecule has 0 fully saturated rings. The second kappa shape index (κ2) is 8.85. The van der Waals surface area contributed by atoms with Crippen LogP contribution >= 0.6 is 0 Å². The van der Waals surface area contributed by atoms with Gasteiger partial charge in [0.2, 0.25) is 0 Å². The van der Waals surface area contributed by atoms with Crippen LogP contribution in [0.2, 0.25) is 0 Å². The van der Waals surface area contributed by atoms with Gasteiger partial charge in [0.15, 0.2) is 0 Å². The fraction of sp³-hybridized carbons (Fsp3) is 0.400. The summed E-state index contributed by atoms with van der Waals surface area (Å²) >= 11 is 0. The molecule has 0 heterocycles. The van der Waals surface area contributed by atoms with E-state index < -0.39 is 24.4 Å². The SMILES string of the molecule is COc1ccc([C@@H](O)[C@H](C)O[C@@H](c2ccc(OC)cc2)[C@H](C)O)cc1. The van der Waals surface area contributed by atoms with Crippen LogP contribution in [-0.2, 0) is 4.74 Å². The lowest BCUT2D eigenvalue weighted by Crippen LogP contribution is -2.27. The Bertz CT molecular complexity index is 636. The first kappa shape index (κ1) is 19.2. The van der Waals surface area contributed by atoms with E-state index in [0.717, 1.165) is 22.6 Å². The number of ether oxygens (including phenoxy) is 3. The maximum absolute atomic E-state index is 10.5. The zero-order valence-corrected chi connectivity index (χ0v) is 15.0. The molecule has 0 saturated carbocycles. The Kier molecular flexibility index (Phi) is 6.82. The molecule has 4 atom stereocenters. The average Bonchev–Trinajstić information content (AvgIpc) is 2.65. The lowest BCUT2D eigenvalue weighted by Gasteiger charge is -2.28. The van der Waals surface area contributed by atoms with Gasteiger partial charge in [0.05, 0.1) is 26.4 Å². The molecule has 2 aromatic rings. The van der Waals surface area contributed by atoms with E-state index in [0.29, 0.717) is 0 Å². The zero-order chi connectivity index (χ0) is 18.4. The standard InChI is InChI=1S/C20H26O5/c1-13(21)20(16-7-11-18(24-4)12-8-16)25-14(2)19(22)15-5-9-17(23-3)10-6-15/h5-14,19-22H,1-4H3/t13-,14-,19-,20+/m0/s1. The van der Waals surface area contributed by atoms with Crippen molar-refractivity contribution in [3.05, 3.63) is 59.7 Å². The third kappa shape index (κ3) is 4.95. The topological polar surface area (TPSA) is 68.2 Å². The van der Waals surface area contributed by atoms with E-state index in [1.54, 1.807) is 52.3 Å². The maximum atomic E-state index is 10.5. The number of hydrogen-bond acceptors (Lipinski definition) is 5. The molecule has 0 amide bonds. The van der Waals surface area contributed by atoms with Gasteiger partial charge in [0, 0.05) is 0 Å². The minimum atomic E-state index is -0.814. The first-order valence-electron chi connectivity index (χ1n) is 8.25. The largest absolute Gasteiger partial charge is 0.497 e. The Hall–Kier alpha value is -2.08. The van der Waals surface area contributed by atoms with Crippen LogP contribution in [0.1, 0.15) is 37.2 Å². The summed E-state index contributed by atoms with van der Waals surface area (Å²) in [5, 5.41) is 20.7. The van der Waals surface area contributed by atoms with Crippen molar-refractivity contribution in [1.29, 1.82) is 0 Å². The molecule has 0 unspecified atom stereocenters. The highest BCUT2D eigenvalue weighted by Gasteiger charge is 2.25. The average molecular weight is 346 g/mol. The third-order valence-electron chi connectivity index (χ3n) is 4.15. The van der Waals surface area contributed by atoms with Gasteiger partial charge >= 0.3 is 0 Å². The summed E-state index contributed by atoms with van der Waals surface area (Å²) in [6.45, 7) is 3.45. The van der Waals surface area contributed by atoms with E-state index in [1.807, 2.05) is 24.3 Å². The summed E-state index contributed by atoms with van der Waals surface area (Å²) in [5.74, 6) is 1.46. The number of aliphatic hydroxyl groups excluding tert-OH is 2. The van der Waals surface area contributed by atoms with Crippen molar-refractivity contribution in [2.45, 2.75) is 38.3 Å². The Morgan fingerprint density at radius 3 is 1.56 bits per heavy atom. The molecule has 0 aliphatic carbocycles. The van der Waals surface area contributed by atoms with E-state index in [-0.39, 0.29) is 0 Å². The van der Waals surface area contributed by atoms with Gasteiger partial charge in [-0.15, -0.1) is 0 Å². The predicted molar refractivity (Wildman–Crippen MR) is 95.9 cm³/mol. The van der Waals surface area contributed by atoms with E-state index in [9.17, 15) is 10.2 Å². The number of rotatable bonds is 8. The summed E-state index contributed by atoms with van der Waals surface area (Å²) in [7, 11) is 3.20. The van der Waals surface area contributed by atoms with Crippen molar-refractivity contribution in [1.82, 2.24) is 0 Å². The fourth-order valence-electron chi connectivity index (χ4n) is 2.64. The quantitative estimate of drug-likeness (QED) is 0.768. The Morgan fingerprint density at radius 2 is 1.16 bits per heavy atom. The lowest BCUT2D eigenvalue weighted by atomic mass is 10.0. The molecule has 0 aliphatic rings. The molecule has 0 saturated heterocycles. The zero-order valence-electron chi connectivity index (χ0n) is 15.0. The van der Waals surface area contributed by atoms with Gasteiger partial charge in [-0.3, -0.25) is 0 Å². The highest BCUT2D eigenvalue weighted by atomic mass is 16.5. The number of benzene rings is 2. The number of methoxy groups -OCH3 is 2. The van der Waals surface area contributed by atoms with E-state index in [4.69, 9.17) is 14.2 Å². The first-order valence-corrected chi connectivity index (χ1v) is 8.25. The highest BCUT2D eigenvalue weighted by Crippen LogP contribution is 2.29. The van der Waals surface area contributed by atoms with Crippen molar-refractivity contribution in [2.75, 3.05) is 14.2 Å².